The molecule has 1 aliphatic heterocycles. The Balaban J connectivity index is 1.67. The van der Waals surface area contributed by atoms with Crippen molar-refractivity contribution in [2.24, 2.45) is 11.8 Å². The highest BCUT2D eigenvalue weighted by molar-refractivity contribution is 5.00. The van der Waals surface area contributed by atoms with Crippen LogP contribution in [0.25, 0.3) is 0 Å². The van der Waals surface area contributed by atoms with Crippen LogP contribution in [0.3, 0.4) is 0 Å². The van der Waals surface area contributed by atoms with Gasteiger partial charge < -0.3 is 4.74 Å². The van der Waals surface area contributed by atoms with Gasteiger partial charge in [0.05, 0.1) is 12.7 Å². The van der Waals surface area contributed by atoms with Crippen molar-refractivity contribution in [2.45, 2.75) is 51.6 Å². The van der Waals surface area contributed by atoms with Crippen molar-refractivity contribution in [3.05, 3.63) is 0 Å². The number of rotatable bonds is 2. The Labute approximate surface area is 87.2 Å². The van der Waals surface area contributed by atoms with Crippen LogP contribution in [0.2, 0.25) is 0 Å². The van der Waals surface area contributed by atoms with Crippen molar-refractivity contribution in [1.29, 1.82) is 0 Å². The van der Waals surface area contributed by atoms with Crippen LogP contribution in [-0.2, 0) is 4.74 Å². The first-order valence-corrected chi connectivity index (χ1v) is 5.97. The smallest absolute Gasteiger partial charge is 0.0684 e. The predicted molar refractivity (Wildman–Crippen MR) is 57.9 cm³/mol. The van der Waals surface area contributed by atoms with E-state index >= 15 is 0 Å². The van der Waals surface area contributed by atoms with E-state index in [4.69, 9.17) is 4.74 Å². The Morgan fingerprint density at radius 3 is 2.43 bits per heavy atom. The van der Waals surface area contributed by atoms with Crippen molar-refractivity contribution in [1.82, 2.24) is 0 Å². The highest BCUT2D eigenvalue weighted by Gasteiger charge is 2.34. The maximum Gasteiger partial charge on any atom is 0.0684 e. The Hall–Kier alpha value is -0.480. The zero-order chi connectivity index (χ0) is 9.80. The molecule has 0 aromatic carbocycles. The largest absolute Gasteiger partial charge is 0.377 e. The van der Waals surface area contributed by atoms with E-state index in [1.54, 1.807) is 0 Å². The third-order valence-corrected chi connectivity index (χ3v) is 3.33. The van der Waals surface area contributed by atoms with Gasteiger partial charge in [-0.25, -0.2) is 0 Å². The summed E-state index contributed by atoms with van der Waals surface area (Å²) in [6.07, 6.45) is 7.87. The van der Waals surface area contributed by atoms with Crippen molar-refractivity contribution in [3.8, 4) is 11.8 Å². The lowest BCUT2D eigenvalue weighted by atomic mass is 9.93. The monoisotopic (exact) mass is 192 g/mol. The molecule has 2 unspecified atom stereocenters. The van der Waals surface area contributed by atoms with E-state index in [2.05, 4.69) is 18.8 Å². The summed E-state index contributed by atoms with van der Waals surface area (Å²) in [4.78, 5) is 0. The molecule has 1 nitrogen and oxygen atoms in total. The SMILES string of the molecule is CCC#CCC1CCC(C2CC2)CO1. The van der Waals surface area contributed by atoms with Gasteiger partial charge in [0.1, 0.15) is 0 Å². The lowest BCUT2D eigenvalue weighted by Gasteiger charge is -2.27. The van der Waals surface area contributed by atoms with Gasteiger partial charge in [-0.05, 0) is 37.5 Å². The van der Waals surface area contributed by atoms with Crippen LogP contribution in [0.5, 0.6) is 0 Å². The van der Waals surface area contributed by atoms with Crippen LogP contribution >= 0.6 is 0 Å². The van der Waals surface area contributed by atoms with Crippen LogP contribution in [0.4, 0.5) is 0 Å². The average Bonchev–Trinajstić information content (AvgIpc) is 3.03. The molecule has 1 heteroatoms. The van der Waals surface area contributed by atoms with Crippen LogP contribution in [-0.4, -0.2) is 12.7 Å². The quantitative estimate of drug-likeness (QED) is 0.611. The highest BCUT2D eigenvalue weighted by Crippen LogP contribution is 2.41. The third kappa shape index (κ3) is 2.75. The van der Waals surface area contributed by atoms with Gasteiger partial charge in [-0.1, -0.05) is 6.92 Å². The second-order valence-corrected chi connectivity index (χ2v) is 4.54. The molecule has 1 heterocycles. The number of hydrogen-bond donors (Lipinski definition) is 0. The highest BCUT2D eigenvalue weighted by atomic mass is 16.5. The van der Waals surface area contributed by atoms with E-state index in [1.807, 2.05) is 0 Å². The van der Waals surface area contributed by atoms with Crippen LogP contribution in [0, 0.1) is 23.7 Å². The van der Waals surface area contributed by atoms with Gasteiger partial charge in [0.15, 0.2) is 0 Å². The summed E-state index contributed by atoms with van der Waals surface area (Å²) in [7, 11) is 0. The van der Waals surface area contributed by atoms with Crippen LogP contribution < -0.4 is 0 Å². The third-order valence-electron chi connectivity index (χ3n) is 3.33. The predicted octanol–water partition coefficient (Wildman–Crippen LogP) is 3.00. The molecule has 0 amide bonds. The summed E-state index contributed by atoms with van der Waals surface area (Å²) in [5.41, 5.74) is 0. The van der Waals surface area contributed by atoms with Gasteiger partial charge in [0.2, 0.25) is 0 Å². The molecule has 1 aliphatic carbocycles. The molecule has 0 aromatic heterocycles. The Morgan fingerprint density at radius 2 is 1.86 bits per heavy atom. The first-order valence-electron chi connectivity index (χ1n) is 5.97. The molecule has 0 N–H and O–H groups in total. The van der Waals surface area contributed by atoms with Crippen molar-refractivity contribution in [3.63, 3.8) is 0 Å². The average molecular weight is 192 g/mol. The Morgan fingerprint density at radius 1 is 1.07 bits per heavy atom. The normalized spacial score (nSPS) is 32.1. The molecule has 2 fully saturated rings. The summed E-state index contributed by atoms with van der Waals surface area (Å²) in [6, 6.07) is 0. The van der Waals surface area contributed by atoms with E-state index in [9.17, 15) is 0 Å². The van der Waals surface area contributed by atoms with Crippen molar-refractivity contribution >= 4 is 0 Å². The zero-order valence-electron chi connectivity index (χ0n) is 9.09. The Bertz CT molecular complexity index is 223. The molecule has 0 spiro atoms. The fourth-order valence-corrected chi connectivity index (χ4v) is 2.24. The first kappa shape index (κ1) is 10.1. The molecule has 2 rings (SSSR count). The van der Waals surface area contributed by atoms with Crippen LogP contribution in [0.15, 0.2) is 0 Å². The summed E-state index contributed by atoms with van der Waals surface area (Å²) in [6.45, 7) is 3.10. The maximum atomic E-state index is 5.84. The second kappa shape index (κ2) is 4.84. The molecule has 14 heavy (non-hydrogen) atoms. The minimum Gasteiger partial charge on any atom is -0.377 e. The molecule has 1 saturated carbocycles. The lowest BCUT2D eigenvalue weighted by molar-refractivity contribution is -0.0183. The first-order chi connectivity index (χ1) is 6.90. The van der Waals surface area contributed by atoms with Crippen LogP contribution in [0.1, 0.15) is 45.4 Å². The molecule has 1 saturated heterocycles. The van der Waals surface area contributed by atoms with E-state index in [0.29, 0.717) is 6.10 Å². The second-order valence-electron chi connectivity index (χ2n) is 4.54. The fourth-order valence-electron chi connectivity index (χ4n) is 2.24. The molecule has 0 aromatic rings. The summed E-state index contributed by atoms with van der Waals surface area (Å²) < 4.78 is 5.84. The van der Waals surface area contributed by atoms with Gasteiger partial charge in [0, 0.05) is 12.8 Å². The minimum atomic E-state index is 0.434. The zero-order valence-corrected chi connectivity index (χ0v) is 9.09. The van der Waals surface area contributed by atoms with Gasteiger partial charge >= 0.3 is 0 Å². The summed E-state index contributed by atoms with van der Waals surface area (Å²) in [5.74, 6) is 8.19. The van der Waals surface area contributed by atoms with Gasteiger partial charge in [0.25, 0.3) is 0 Å². The molecule has 2 aliphatic rings. The Kier molecular flexibility index (Phi) is 3.48. The number of ether oxygens (including phenoxy) is 1. The maximum absolute atomic E-state index is 5.84. The topological polar surface area (TPSA) is 9.23 Å². The molecular formula is C13H20O. The van der Waals surface area contributed by atoms with Gasteiger partial charge in [-0.2, -0.15) is 0 Å². The molecule has 78 valence electrons. The molecular weight excluding hydrogens is 172 g/mol. The van der Waals surface area contributed by atoms with Crippen molar-refractivity contribution < 1.29 is 4.74 Å². The van der Waals surface area contributed by atoms with E-state index in [0.717, 1.165) is 31.3 Å². The summed E-state index contributed by atoms with van der Waals surface area (Å²) in [5, 5.41) is 0. The van der Waals surface area contributed by atoms with E-state index in [-0.39, 0.29) is 0 Å². The van der Waals surface area contributed by atoms with Gasteiger partial charge in [-0.3, -0.25) is 0 Å². The van der Waals surface area contributed by atoms with E-state index < -0.39 is 0 Å². The summed E-state index contributed by atoms with van der Waals surface area (Å²) >= 11 is 0. The fraction of sp³-hybridized carbons (Fsp3) is 0.846. The lowest BCUT2D eigenvalue weighted by Crippen LogP contribution is -2.26. The minimum absolute atomic E-state index is 0.434. The van der Waals surface area contributed by atoms with E-state index in [1.165, 1.54) is 25.7 Å². The van der Waals surface area contributed by atoms with Crippen molar-refractivity contribution in [2.75, 3.05) is 6.61 Å². The molecule has 2 atom stereocenters. The molecule has 0 bridgehead atoms. The molecule has 0 radical (unpaired) electrons. The van der Waals surface area contributed by atoms with Gasteiger partial charge in [-0.15, -0.1) is 11.8 Å². The number of hydrogen-bond acceptors (Lipinski definition) is 1. The standard InChI is InChI=1S/C13H20O/c1-2-3-4-5-13-9-8-12(10-14-13)11-6-7-11/h11-13H,2,5-10H2,1H3.